The Kier molecular flexibility index (Phi) is 3.93. The second-order valence-corrected chi connectivity index (χ2v) is 6.92. The van der Waals surface area contributed by atoms with E-state index in [1.165, 1.54) is 9.80 Å². The molecule has 4 rings (SSSR count). The minimum absolute atomic E-state index is 0.105. The van der Waals surface area contributed by atoms with Crippen molar-refractivity contribution >= 4 is 23.7 Å². The Morgan fingerprint density at radius 2 is 2.19 bits per heavy atom. The lowest BCUT2D eigenvalue weighted by Crippen LogP contribution is -2.55. The van der Waals surface area contributed by atoms with E-state index in [1.54, 1.807) is 30.3 Å². The van der Waals surface area contributed by atoms with Crippen LogP contribution < -0.4 is 9.64 Å². The maximum atomic E-state index is 12.8. The van der Waals surface area contributed by atoms with Crippen LogP contribution in [0.1, 0.15) is 12.8 Å². The van der Waals surface area contributed by atoms with Gasteiger partial charge in [0.05, 0.1) is 13.1 Å². The van der Waals surface area contributed by atoms with Crippen LogP contribution in [0.25, 0.3) is 0 Å². The zero-order valence-corrected chi connectivity index (χ0v) is 14.5. The number of likely N-dealkylation sites (tertiary alicyclic amines) is 1. The number of hydrogen-bond acceptors (Lipinski definition) is 6. The van der Waals surface area contributed by atoms with E-state index >= 15 is 0 Å². The molecular weight excluding hydrogens is 340 g/mol. The van der Waals surface area contributed by atoms with Crippen molar-refractivity contribution in [3.8, 4) is 5.75 Å². The standard InChI is InChI=1S/C17H20N4O5/c1-19-10-17(26-16(19)24)5-3-7-20(11-17)13(22)8-21-14(23)9-25-12-4-2-6-18-15(12)21/h2,4,6H,3,5,7-11H2,1H3/t17-/m0/s1. The van der Waals surface area contributed by atoms with Gasteiger partial charge in [-0.05, 0) is 25.0 Å². The molecule has 4 heterocycles. The molecule has 138 valence electrons. The van der Waals surface area contributed by atoms with Crippen molar-refractivity contribution in [2.75, 3.05) is 44.7 Å². The number of carbonyl (C=O) groups excluding carboxylic acids is 3. The molecule has 0 bridgehead atoms. The van der Waals surface area contributed by atoms with Crippen LogP contribution in [0.3, 0.4) is 0 Å². The number of pyridine rings is 1. The molecule has 1 aromatic heterocycles. The molecule has 1 spiro atoms. The van der Waals surface area contributed by atoms with Crippen LogP contribution in [-0.4, -0.2) is 78.1 Å². The van der Waals surface area contributed by atoms with Gasteiger partial charge in [0.2, 0.25) is 5.91 Å². The molecule has 3 aliphatic rings. The molecule has 0 N–H and O–H groups in total. The number of nitrogens with zero attached hydrogens (tertiary/aromatic N) is 4. The van der Waals surface area contributed by atoms with Gasteiger partial charge in [0.1, 0.15) is 12.1 Å². The summed E-state index contributed by atoms with van der Waals surface area (Å²) in [5, 5.41) is 0. The summed E-state index contributed by atoms with van der Waals surface area (Å²) in [6.07, 6.45) is 2.68. The maximum Gasteiger partial charge on any atom is 0.410 e. The molecule has 0 unspecified atom stereocenters. The lowest BCUT2D eigenvalue weighted by Gasteiger charge is -2.39. The Labute approximate surface area is 150 Å². The van der Waals surface area contributed by atoms with Crippen LogP contribution in [0.15, 0.2) is 18.3 Å². The third kappa shape index (κ3) is 2.83. The first-order valence-electron chi connectivity index (χ1n) is 8.57. The van der Waals surface area contributed by atoms with Crippen molar-refractivity contribution in [3.63, 3.8) is 0 Å². The van der Waals surface area contributed by atoms with Crippen LogP contribution in [-0.2, 0) is 14.3 Å². The highest BCUT2D eigenvalue weighted by molar-refractivity contribution is 6.01. The molecule has 9 heteroatoms. The summed E-state index contributed by atoms with van der Waals surface area (Å²) >= 11 is 0. The zero-order valence-electron chi connectivity index (χ0n) is 14.5. The quantitative estimate of drug-likeness (QED) is 0.751. The highest BCUT2D eigenvalue weighted by atomic mass is 16.6. The Morgan fingerprint density at radius 3 is 2.96 bits per heavy atom. The van der Waals surface area contributed by atoms with Crippen molar-refractivity contribution in [2.45, 2.75) is 18.4 Å². The van der Waals surface area contributed by atoms with E-state index in [0.717, 1.165) is 12.8 Å². The summed E-state index contributed by atoms with van der Waals surface area (Å²) in [4.78, 5) is 45.5. The topological polar surface area (TPSA) is 92.3 Å². The van der Waals surface area contributed by atoms with Gasteiger partial charge in [0.25, 0.3) is 5.91 Å². The fourth-order valence-corrected chi connectivity index (χ4v) is 3.75. The molecule has 0 aromatic carbocycles. The summed E-state index contributed by atoms with van der Waals surface area (Å²) in [5.41, 5.74) is -0.648. The molecule has 1 aromatic rings. The summed E-state index contributed by atoms with van der Waals surface area (Å²) in [7, 11) is 1.69. The maximum absolute atomic E-state index is 12.8. The number of rotatable bonds is 2. The summed E-state index contributed by atoms with van der Waals surface area (Å²) in [5.74, 6) is 0.349. The van der Waals surface area contributed by atoms with Gasteiger partial charge in [-0.15, -0.1) is 0 Å². The number of piperidine rings is 1. The number of anilines is 1. The Morgan fingerprint density at radius 1 is 1.35 bits per heavy atom. The van der Waals surface area contributed by atoms with Crippen molar-refractivity contribution in [1.82, 2.24) is 14.8 Å². The predicted molar refractivity (Wildman–Crippen MR) is 89.7 cm³/mol. The zero-order chi connectivity index (χ0) is 18.3. The monoisotopic (exact) mass is 360 g/mol. The molecule has 9 nitrogen and oxygen atoms in total. The molecular formula is C17H20N4O5. The molecule has 0 aliphatic carbocycles. The van der Waals surface area contributed by atoms with E-state index < -0.39 is 5.60 Å². The fourth-order valence-electron chi connectivity index (χ4n) is 3.75. The van der Waals surface area contributed by atoms with Crippen molar-refractivity contribution in [2.24, 2.45) is 0 Å². The predicted octanol–water partition coefficient (Wildman–Crippen LogP) is 0.250. The minimum Gasteiger partial charge on any atom is -0.480 e. The van der Waals surface area contributed by atoms with E-state index in [4.69, 9.17) is 9.47 Å². The molecule has 2 saturated heterocycles. The number of carbonyl (C=O) groups is 3. The number of hydrogen-bond donors (Lipinski definition) is 0. The highest BCUT2D eigenvalue weighted by Crippen LogP contribution is 2.32. The van der Waals surface area contributed by atoms with Gasteiger partial charge in [0.15, 0.2) is 18.2 Å². The minimum atomic E-state index is -0.648. The lowest BCUT2D eigenvalue weighted by molar-refractivity contribution is -0.136. The number of ether oxygens (including phenoxy) is 2. The Bertz CT molecular complexity index is 769. The Balaban J connectivity index is 1.48. The highest BCUT2D eigenvalue weighted by Gasteiger charge is 2.47. The van der Waals surface area contributed by atoms with E-state index in [0.29, 0.717) is 31.2 Å². The second-order valence-electron chi connectivity index (χ2n) is 6.92. The molecule has 1 atom stereocenters. The van der Waals surface area contributed by atoms with Gasteiger partial charge in [-0.2, -0.15) is 0 Å². The molecule has 0 radical (unpaired) electrons. The van der Waals surface area contributed by atoms with E-state index in [1.807, 2.05) is 0 Å². The summed E-state index contributed by atoms with van der Waals surface area (Å²) in [6, 6.07) is 3.43. The van der Waals surface area contributed by atoms with Crippen LogP contribution >= 0.6 is 0 Å². The lowest BCUT2D eigenvalue weighted by atomic mass is 9.92. The van der Waals surface area contributed by atoms with Gasteiger partial charge in [-0.25, -0.2) is 9.78 Å². The van der Waals surface area contributed by atoms with E-state index in [-0.39, 0.29) is 31.1 Å². The number of fused-ring (bicyclic) bond motifs is 1. The molecule has 2 fully saturated rings. The first-order chi connectivity index (χ1) is 12.5. The third-order valence-corrected chi connectivity index (χ3v) is 4.99. The third-order valence-electron chi connectivity index (χ3n) is 4.99. The largest absolute Gasteiger partial charge is 0.480 e. The SMILES string of the molecule is CN1C[C@]2(CCCN(C(=O)CN3C(=O)COc4cccnc43)C2)OC1=O. The smallest absolute Gasteiger partial charge is 0.410 e. The van der Waals surface area contributed by atoms with Gasteiger partial charge < -0.3 is 19.3 Å². The van der Waals surface area contributed by atoms with Gasteiger partial charge >= 0.3 is 6.09 Å². The van der Waals surface area contributed by atoms with Crippen LogP contribution in [0.5, 0.6) is 5.75 Å². The van der Waals surface area contributed by atoms with Gasteiger partial charge in [0, 0.05) is 19.8 Å². The Hall–Kier alpha value is -2.84. The number of amides is 3. The van der Waals surface area contributed by atoms with Crippen LogP contribution in [0.4, 0.5) is 10.6 Å². The summed E-state index contributed by atoms with van der Waals surface area (Å²) < 4.78 is 10.9. The van der Waals surface area contributed by atoms with Gasteiger partial charge in [-0.3, -0.25) is 14.5 Å². The van der Waals surface area contributed by atoms with Crippen molar-refractivity contribution in [3.05, 3.63) is 18.3 Å². The molecule has 3 amide bonds. The van der Waals surface area contributed by atoms with E-state index in [9.17, 15) is 14.4 Å². The first kappa shape index (κ1) is 16.6. The first-order valence-corrected chi connectivity index (χ1v) is 8.57. The summed E-state index contributed by atoms with van der Waals surface area (Å²) in [6.45, 7) is 1.17. The molecule has 3 aliphatic heterocycles. The number of aromatic nitrogens is 1. The molecule has 26 heavy (non-hydrogen) atoms. The van der Waals surface area contributed by atoms with Crippen LogP contribution in [0, 0.1) is 0 Å². The van der Waals surface area contributed by atoms with Crippen LogP contribution in [0.2, 0.25) is 0 Å². The average molecular weight is 360 g/mol. The number of likely N-dealkylation sites (N-methyl/N-ethyl adjacent to an activating group) is 1. The average Bonchev–Trinajstić information content (AvgIpc) is 2.90. The van der Waals surface area contributed by atoms with Crippen molar-refractivity contribution < 1.29 is 23.9 Å². The fraction of sp³-hybridized carbons (Fsp3) is 0.529. The normalized spacial score (nSPS) is 25.2. The second kappa shape index (κ2) is 6.15. The molecule has 0 saturated carbocycles. The van der Waals surface area contributed by atoms with Gasteiger partial charge in [-0.1, -0.05) is 0 Å². The van der Waals surface area contributed by atoms with E-state index in [2.05, 4.69) is 4.98 Å². The van der Waals surface area contributed by atoms with Crippen molar-refractivity contribution in [1.29, 1.82) is 0 Å².